The van der Waals surface area contributed by atoms with Gasteiger partial charge in [-0.05, 0) is 58.4 Å². The second-order valence-electron chi connectivity index (χ2n) is 1.92. The van der Waals surface area contributed by atoms with Crippen LogP contribution in [-0.4, -0.2) is 16.2 Å². The minimum Gasteiger partial charge on any atom is -0.216 e. The molecule has 0 fully saturated rings. The summed E-state index contributed by atoms with van der Waals surface area (Å²) in [5.74, 6) is 0. The summed E-state index contributed by atoms with van der Waals surface area (Å²) >= 11 is 6.03. The van der Waals surface area contributed by atoms with Crippen molar-refractivity contribution in [3.8, 4) is 0 Å². The highest BCUT2D eigenvalue weighted by atomic mass is 127. The molecule has 0 unspecified atom stereocenters. The zero-order valence-corrected chi connectivity index (χ0v) is 11.2. The maximum atomic E-state index is 4.29. The Labute approximate surface area is 97.2 Å². The Bertz CT molecular complexity index is 254. The molecule has 5 heteroatoms. The summed E-state index contributed by atoms with van der Waals surface area (Å²) in [5, 5.41) is 0.851. The fourth-order valence-electron chi connectivity index (χ4n) is 0.537. The molecule has 1 rings (SSSR count). The van der Waals surface area contributed by atoms with Gasteiger partial charge in [0.25, 0.3) is 0 Å². The molecule has 0 aliphatic carbocycles. The van der Waals surface area contributed by atoms with E-state index in [0.29, 0.717) is 0 Å². The van der Waals surface area contributed by atoms with Crippen molar-refractivity contribution in [2.45, 2.75) is 12.1 Å². The number of halogens is 2. The third-order valence-electron chi connectivity index (χ3n) is 1.19. The van der Waals surface area contributed by atoms with E-state index in [2.05, 4.69) is 55.1 Å². The summed E-state index contributed by atoms with van der Waals surface area (Å²) in [4.78, 5) is 8.57. The van der Waals surface area contributed by atoms with E-state index in [1.165, 1.54) is 5.56 Å². The third kappa shape index (κ3) is 2.41. The molecule has 1 aromatic rings. The van der Waals surface area contributed by atoms with Gasteiger partial charge in [-0.3, -0.25) is 0 Å². The average molecular weight is 392 g/mol. The van der Waals surface area contributed by atoms with Crippen molar-refractivity contribution >= 4 is 56.9 Å². The van der Waals surface area contributed by atoms with Gasteiger partial charge in [0.15, 0.2) is 5.16 Å². The van der Waals surface area contributed by atoms with Gasteiger partial charge in [0.1, 0.15) is 7.40 Å². The Hall–Kier alpha value is 0.890. The van der Waals surface area contributed by atoms with Crippen LogP contribution in [0.2, 0.25) is 0 Å². The van der Waals surface area contributed by atoms with Crippen LogP contribution in [0.4, 0.5) is 0 Å². The summed E-state index contributed by atoms with van der Waals surface area (Å²) in [6, 6.07) is 0. The van der Waals surface area contributed by atoms with Gasteiger partial charge >= 0.3 is 0 Å². The van der Waals surface area contributed by atoms with Gasteiger partial charge in [-0.25, -0.2) is 9.97 Å². The molecule has 0 atom stereocenters. The zero-order chi connectivity index (χ0) is 8.43. The van der Waals surface area contributed by atoms with Gasteiger partial charge in [0.2, 0.25) is 0 Å². The summed E-state index contributed by atoms with van der Waals surface area (Å²) in [6.07, 6.45) is 1.98. The molecule has 0 spiro atoms. The van der Waals surface area contributed by atoms with Crippen molar-refractivity contribution in [1.82, 2.24) is 9.97 Å². The van der Waals surface area contributed by atoms with Crippen LogP contribution in [0.15, 0.2) is 5.16 Å². The SMILES string of the molecule is CSc1nc(I)c(C)c(I)n1. The van der Waals surface area contributed by atoms with E-state index in [-0.39, 0.29) is 0 Å². The van der Waals surface area contributed by atoms with E-state index >= 15 is 0 Å². The lowest BCUT2D eigenvalue weighted by Crippen LogP contribution is -1.97. The van der Waals surface area contributed by atoms with Crippen LogP contribution in [0.25, 0.3) is 0 Å². The Morgan fingerprint density at radius 2 is 1.64 bits per heavy atom. The van der Waals surface area contributed by atoms with E-state index in [1.54, 1.807) is 11.8 Å². The number of hydrogen-bond donors (Lipinski definition) is 0. The fraction of sp³-hybridized carbons (Fsp3) is 0.333. The first-order valence-electron chi connectivity index (χ1n) is 2.88. The molecular formula is C6H6I2N2S. The molecule has 1 heterocycles. The van der Waals surface area contributed by atoms with Crippen LogP contribution in [0, 0.1) is 14.3 Å². The zero-order valence-electron chi connectivity index (χ0n) is 6.06. The van der Waals surface area contributed by atoms with Gasteiger partial charge in [-0.2, -0.15) is 0 Å². The summed E-state index contributed by atoms with van der Waals surface area (Å²) in [7, 11) is 0. The van der Waals surface area contributed by atoms with Crippen LogP contribution < -0.4 is 0 Å². The Morgan fingerprint density at radius 1 is 1.18 bits per heavy atom. The monoisotopic (exact) mass is 392 g/mol. The number of nitrogens with zero attached hydrogens (tertiary/aromatic N) is 2. The lowest BCUT2D eigenvalue weighted by atomic mass is 10.4. The Morgan fingerprint density at radius 3 is 2.00 bits per heavy atom. The van der Waals surface area contributed by atoms with E-state index in [9.17, 15) is 0 Å². The van der Waals surface area contributed by atoms with Gasteiger partial charge in [0, 0.05) is 5.56 Å². The first-order chi connectivity index (χ1) is 5.15. The largest absolute Gasteiger partial charge is 0.216 e. The first-order valence-corrected chi connectivity index (χ1v) is 6.27. The van der Waals surface area contributed by atoms with Crippen LogP contribution in [0.3, 0.4) is 0 Å². The highest BCUT2D eigenvalue weighted by Crippen LogP contribution is 2.18. The molecule has 0 radical (unpaired) electrons. The molecule has 0 bridgehead atoms. The van der Waals surface area contributed by atoms with E-state index in [0.717, 1.165) is 12.6 Å². The second kappa shape index (κ2) is 4.22. The Kier molecular flexibility index (Phi) is 3.83. The lowest BCUT2D eigenvalue weighted by molar-refractivity contribution is 0.908. The van der Waals surface area contributed by atoms with Gasteiger partial charge in [-0.1, -0.05) is 11.8 Å². The average Bonchev–Trinajstić information content (AvgIpc) is 1.99. The van der Waals surface area contributed by atoms with E-state index in [1.807, 2.05) is 13.2 Å². The summed E-state index contributed by atoms with van der Waals surface area (Å²) in [6.45, 7) is 2.04. The summed E-state index contributed by atoms with van der Waals surface area (Å²) in [5.41, 5.74) is 1.17. The minimum absolute atomic E-state index is 0.851. The van der Waals surface area contributed by atoms with Crippen molar-refractivity contribution in [2.24, 2.45) is 0 Å². The maximum Gasteiger partial charge on any atom is 0.189 e. The standard InChI is InChI=1S/C6H6I2N2S/c1-3-4(7)9-6(11-2)10-5(3)8/h1-2H3. The molecule has 60 valence electrons. The predicted molar refractivity (Wildman–Crippen MR) is 64.0 cm³/mol. The van der Waals surface area contributed by atoms with Crippen LogP contribution in [0.1, 0.15) is 5.56 Å². The maximum absolute atomic E-state index is 4.29. The molecule has 11 heavy (non-hydrogen) atoms. The predicted octanol–water partition coefficient (Wildman–Crippen LogP) is 2.72. The fourth-order valence-corrected chi connectivity index (χ4v) is 2.71. The van der Waals surface area contributed by atoms with Crippen LogP contribution >= 0.6 is 56.9 Å². The van der Waals surface area contributed by atoms with Crippen molar-refractivity contribution in [2.75, 3.05) is 6.26 Å². The molecule has 0 saturated carbocycles. The number of hydrogen-bond acceptors (Lipinski definition) is 3. The molecule has 0 amide bonds. The minimum atomic E-state index is 0.851. The number of aromatic nitrogens is 2. The van der Waals surface area contributed by atoms with Gasteiger partial charge in [0.05, 0.1) is 0 Å². The summed E-state index contributed by atoms with van der Waals surface area (Å²) < 4.78 is 2.10. The Balaban J connectivity index is 3.21. The highest BCUT2D eigenvalue weighted by molar-refractivity contribution is 14.1. The highest BCUT2D eigenvalue weighted by Gasteiger charge is 2.04. The smallest absolute Gasteiger partial charge is 0.189 e. The van der Waals surface area contributed by atoms with Gasteiger partial charge < -0.3 is 0 Å². The topological polar surface area (TPSA) is 25.8 Å². The number of rotatable bonds is 1. The molecular weight excluding hydrogens is 386 g/mol. The first kappa shape index (κ1) is 9.97. The van der Waals surface area contributed by atoms with Crippen LogP contribution in [0.5, 0.6) is 0 Å². The van der Waals surface area contributed by atoms with Crippen molar-refractivity contribution in [1.29, 1.82) is 0 Å². The lowest BCUT2D eigenvalue weighted by Gasteiger charge is -2.01. The number of thioether (sulfide) groups is 1. The van der Waals surface area contributed by atoms with Gasteiger partial charge in [-0.15, -0.1) is 0 Å². The molecule has 0 aliphatic heterocycles. The molecule has 1 aromatic heterocycles. The van der Waals surface area contributed by atoms with E-state index in [4.69, 9.17) is 0 Å². The second-order valence-corrected chi connectivity index (χ2v) is 4.73. The molecule has 0 N–H and O–H groups in total. The van der Waals surface area contributed by atoms with Crippen molar-refractivity contribution in [3.63, 3.8) is 0 Å². The third-order valence-corrected chi connectivity index (χ3v) is 3.84. The normalized spacial score (nSPS) is 10.2. The van der Waals surface area contributed by atoms with Crippen LogP contribution in [-0.2, 0) is 0 Å². The van der Waals surface area contributed by atoms with Crippen molar-refractivity contribution in [3.05, 3.63) is 13.0 Å². The molecule has 0 aromatic carbocycles. The molecule has 0 aliphatic rings. The quantitative estimate of drug-likeness (QED) is 0.318. The van der Waals surface area contributed by atoms with Crippen molar-refractivity contribution < 1.29 is 0 Å². The molecule has 0 saturated heterocycles. The van der Waals surface area contributed by atoms with E-state index < -0.39 is 0 Å². The molecule has 2 nitrogen and oxygen atoms in total.